The van der Waals surface area contributed by atoms with E-state index in [0.717, 1.165) is 35.7 Å². The Morgan fingerprint density at radius 1 is 0.943 bits per heavy atom. The lowest BCUT2D eigenvalue weighted by Gasteiger charge is -2.21. The molecule has 5 rings (SSSR count). The van der Waals surface area contributed by atoms with E-state index in [1.54, 1.807) is 10.6 Å². The van der Waals surface area contributed by atoms with Crippen LogP contribution < -0.4 is 15.2 Å². The number of hydrogen-bond donors (Lipinski definition) is 0. The standard InChI is InChI=1S/C25H17F4N3O3/c26-18-12-15(8-9-20(18)35-22-7-3-6-21(30-22)25(27,28)29)14-34-23-13-19-17-5-2-1-4-16(17)10-11-32(19)24(33)31-23/h1-9,12-13H,10-11,14H2. The molecule has 0 atom stereocenters. The van der Waals surface area contributed by atoms with Crippen LogP contribution in [0.1, 0.15) is 16.8 Å². The van der Waals surface area contributed by atoms with Gasteiger partial charge in [0.2, 0.25) is 11.8 Å². The molecule has 178 valence electrons. The lowest BCUT2D eigenvalue weighted by Crippen LogP contribution is -2.28. The molecule has 0 saturated carbocycles. The molecule has 10 heteroatoms. The molecule has 4 aromatic rings. The van der Waals surface area contributed by atoms with Gasteiger partial charge >= 0.3 is 11.9 Å². The summed E-state index contributed by atoms with van der Waals surface area (Å²) < 4.78 is 65.4. The third-order valence-corrected chi connectivity index (χ3v) is 5.50. The van der Waals surface area contributed by atoms with E-state index >= 15 is 0 Å². The minimum absolute atomic E-state index is 0.0868. The van der Waals surface area contributed by atoms with Gasteiger partial charge in [-0.05, 0) is 35.7 Å². The summed E-state index contributed by atoms with van der Waals surface area (Å²) in [5.41, 5.74) is 1.58. The van der Waals surface area contributed by atoms with Gasteiger partial charge in [0.15, 0.2) is 11.6 Å². The van der Waals surface area contributed by atoms with Crippen LogP contribution in [0.2, 0.25) is 0 Å². The number of halogens is 4. The Balaban J connectivity index is 1.32. The van der Waals surface area contributed by atoms with E-state index in [-0.39, 0.29) is 24.1 Å². The molecule has 2 aromatic carbocycles. The topological polar surface area (TPSA) is 66.2 Å². The van der Waals surface area contributed by atoms with Crippen LogP contribution in [0.25, 0.3) is 11.3 Å². The van der Waals surface area contributed by atoms with Crippen LogP contribution in [0.4, 0.5) is 17.6 Å². The Kier molecular flexibility index (Phi) is 5.72. The lowest BCUT2D eigenvalue weighted by molar-refractivity contribution is -0.141. The van der Waals surface area contributed by atoms with Gasteiger partial charge < -0.3 is 9.47 Å². The van der Waals surface area contributed by atoms with Crippen LogP contribution in [0.15, 0.2) is 71.5 Å². The van der Waals surface area contributed by atoms with Crippen molar-refractivity contribution in [2.75, 3.05) is 0 Å². The molecule has 3 heterocycles. The number of aromatic nitrogens is 3. The summed E-state index contributed by atoms with van der Waals surface area (Å²) in [7, 11) is 0. The zero-order valence-electron chi connectivity index (χ0n) is 18.1. The largest absolute Gasteiger partial charge is 0.473 e. The highest BCUT2D eigenvalue weighted by molar-refractivity contribution is 5.66. The van der Waals surface area contributed by atoms with Crippen LogP contribution >= 0.6 is 0 Å². The van der Waals surface area contributed by atoms with E-state index in [4.69, 9.17) is 9.47 Å². The maximum atomic E-state index is 14.6. The van der Waals surface area contributed by atoms with Crippen molar-refractivity contribution in [2.45, 2.75) is 25.7 Å². The van der Waals surface area contributed by atoms with Crippen LogP contribution in [0, 0.1) is 5.82 Å². The zero-order valence-corrected chi connectivity index (χ0v) is 18.1. The number of alkyl halides is 3. The van der Waals surface area contributed by atoms with Crippen molar-refractivity contribution in [3.05, 3.63) is 99.9 Å². The van der Waals surface area contributed by atoms with Gasteiger partial charge in [-0.3, -0.25) is 4.57 Å². The predicted molar refractivity (Wildman–Crippen MR) is 118 cm³/mol. The molecule has 0 radical (unpaired) electrons. The van der Waals surface area contributed by atoms with Crippen molar-refractivity contribution in [1.82, 2.24) is 14.5 Å². The number of hydrogen-bond acceptors (Lipinski definition) is 5. The fraction of sp³-hybridized carbons (Fsp3) is 0.160. The van der Waals surface area contributed by atoms with Crippen molar-refractivity contribution in [2.24, 2.45) is 0 Å². The Morgan fingerprint density at radius 2 is 1.77 bits per heavy atom. The number of benzene rings is 2. The van der Waals surface area contributed by atoms with E-state index in [1.807, 2.05) is 24.3 Å². The van der Waals surface area contributed by atoms with Gasteiger partial charge in [0, 0.05) is 24.2 Å². The molecule has 0 spiro atoms. The first-order valence-electron chi connectivity index (χ1n) is 10.6. The van der Waals surface area contributed by atoms with E-state index in [9.17, 15) is 22.4 Å². The number of aryl methyl sites for hydroxylation is 1. The van der Waals surface area contributed by atoms with Crippen molar-refractivity contribution in [1.29, 1.82) is 0 Å². The molecule has 0 unspecified atom stereocenters. The van der Waals surface area contributed by atoms with Gasteiger partial charge in [0.05, 0.1) is 5.69 Å². The second-order valence-electron chi connectivity index (χ2n) is 7.84. The molecule has 1 aliphatic heterocycles. The normalized spacial score (nSPS) is 12.6. The Labute approximate surface area is 196 Å². The highest BCUT2D eigenvalue weighted by Crippen LogP contribution is 2.31. The molecule has 35 heavy (non-hydrogen) atoms. The molecule has 0 amide bonds. The third kappa shape index (κ3) is 4.72. The first-order valence-corrected chi connectivity index (χ1v) is 10.6. The Bertz CT molecular complexity index is 1470. The van der Waals surface area contributed by atoms with Crippen molar-refractivity contribution in [3.63, 3.8) is 0 Å². The average Bonchev–Trinajstić information content (AvgIpc) is 2.84. The SMILES string of the molecule is O=c1nc(OCc2ccc(Oc3cccc(C(F)(F)F)n3)c(F)c2)cc2n1CCc1ccccc1-2. The van der Waals surface area contributed by atoms with E-state index < -0.39 is 23.4 Å². The number of fused-ring (bicyclic) bond motifs is 3. The summed E-state index contributed by atoms with van der Waals surface area (Å²) in [6.07, 6.45) is -3.91. The molecule has 6 nitrogen and oxygen atoms in total. The van der Waals surface area contributed by atoms with Crippen molar-refractivity contribution >= 4 is 0 Å². The number of nitrogens with zero attached hydrogens (tertiary/aromatic N) is 3. The summed E-state index contributed by atoms with van der Waals surface area (Å²) >= 11 is 0. The Morgan fingerprint density at radius 3 is 2.57 bits per heavy atom. The second-order valence-corrected chi connectivity index (χ2v) is 7.84. The monoisotopic (exact) mass is 483 g/mol. The summed E-state index contributed by atoms with van der Waals surface area (Å²) in [6, 6.07) is 16.4. The molecule has 0 saturated heterocycles. The van der Waals surface area contributed by atoms with Crippen molar-refractivity contribution in [3.8, 4) is 28.8 Å². The summed E-state index contributed by atoms with van der Waals surface area (Å²) in [6.45, 7) is 0.433. The minimum atomic E-state index is -4.64. The number of rotatable bonds is 5. The zero-order chi connectivity index (χ0) is 24.6. The van der Waals surface area contributed by atoms with Crippen molar-refractivity contribution < 1.29 is 27.0 Å². The first kappa shape index (κ1) is 22.6. The number of pyridine rings is 1. The number of ether oxygens (including phenoxy) is 2. The molecule has 0 fully saturated rings. The fourth-order valence-electron chi connectivity index (χ4n) is 3.83. The third-order valence-electron chi connectivity index (χ3n) is 5.50. The van der Waals surface area contributed by atoms with Gasteiger partial charge in [0.25, 0.3) is 0 Å². The van der Waals surface area contributed by atoms with E-state index in [0.29, 0.717) is 17.8 Å². The summed E-state index contributed by atoms with van der Waals surface area (Å²) in [5.74, 6) is -1.38. The molecular weight excluding hydrogens is 466 g/mol. The maximum absolute atomic E-state index is 14.6. The van der Waals surface area contributed by atoms with Crippen LogP contribution in [0.5, 0.6) is 17.5 Å². The molecular formula is C25H17F4N3O3. The van der Waals surface area contributed by atoms with Crippen LogP contribution in [-0.4, -0.2) is 14.5 Å². The van der Waals surface area contributed by atoms with E-state index in [1.165, 1.54) is 18.2 Å². The van der Waals surface area contributed by atoms with Gasteiger partial charge in [-0.25, -0.2) is 14.2 Å². The molecule has 0 aliphatic carbocycles. The smallest absolute Gasteiger partial charge is 0.433 e. The molecule has 0 N–H and O–H groups in total. The molecule has 0 bridgehead atoms. The molecule has 2 aromatic heterocycles. The molecule has 1 aliphatic rings. The van der Waals surface area contributed by atoms with E-state index in [2.05, 4.69) is 9.97 Å². The summed E-state index contributed by atoms with van der Waals surface area (Å²) in [5, 5.41) is 0. The van der Waals surface area contributed by atoms with Gasteiger partial charge in [-0.15, -0.1) is 0 Å². The van der Waals surface area contributed by atoms with Gasteiger partial charge in [-0.2, -0.15) is 18.2 Å². The van der Waals surface area contributed by atoms with Gasteiger partial charge in [-0.1, -0.05) is 36.4 Å². The van der Waals surface area contributed by atoms with Gasteiger partial charge in [0.1, 0.15) is 12.3 Å². The van der Waals surface area contributed by atoms with Crippen LogP contribution in [-0.2, 0) is 25.7 Å². The Hall–Kier alpha value is -4.21. The minimum Gasteiger partial charge on any atom is -0.473 e. The fourth-order valence-corrected chi connectivity index (χ4v) is 3.83. The lowest BCUT2D eigenvalue weighted by atomic mass is 9.98. The first-order chi connectivity index (χ1) is 16.8. The maximum Gasteiger partial charge on any atom is 0.433 e. The van der Waals surface area contributed by atoms with Crippen LogP contribution in [0.3, 0.4) is 0 Å². The second kappa shape index (κ2) is 8.86. The average molecular weight is 483 g/mol. The highest BCUT2D eigenvalue weighted by Gasteiger charge is 2.32. The summed E-state index contributed by atoms with van der Waals surface area (Å²) in [4.78, 5) is 19.8. The predicted octanol–water partition coefficient (Wildman–Crippen LogP) is 5.39. The highest BCUT2D eigenvalue weighted by atomic mass is 19.4. The quantitative estimate of drug-likeness (QED) is 0.356.